The van der Waals surface area contributed by atoms with Crippen LogP contribution in [-0.2, 0) is 4.79 Å². The molecular formula is C11H22O. The molecule has 1 unspecified atom stereocenters. The molecule has 0 aliphatic heterocycles. The Morgan fingerprint density at radius 1 is 1.33 bits per heavy atom. The lowest BCUT2D eigenvalue weighted by Gasteiger charge is -2.20. The minimum Gasteiger partial charge on any atom is -0.300 e. The van der Waals surface area contributed by atoms with Gasteiger partial charge in [0.15, 0.2) is 0 Å². The highest BCUT2D eigenvalue weighted by molar-refractivity contribution is 5.78. The Morgan fingerprint density at radius 2 is 1.83 bits per heavy atom. The Balaban J connectivity index is 3.81. The number of Topliss-reactive ketones (excluding diaryl/α,β-unsaturated/α-hetero) is 1. The van der Waals surface area contributed by atoms with E-state index in [-0.39, 0.29) is 0 Å². The third-order valence-corrected chi connectivity index (χ3v) is 2.31. The maximum atomic E-state index is 11.1. The Labute approximate surface area is 76.6 Å². The predicted octanol–water partition coefficient (Wildman–Crippen LogP) is 3.43. The molecule has 0 aromatic rings. The van der Waals surface area contributed by atoms with Gasteiger partial charge in [0, 0.05) is 5.92 Å². The second-order valence-corrected chi connectivity index (χ2v) is 4.82. The lowest BCUT2D eigenvalue weighted by atomic mass is 9.85. The Bertz CT molecular complexity index is 142. The van der Waals surface area contributed by atoms with Crippen molar-refractivity contribution in [1.82, 2.24) is 0 Å². The monoisotopic (exact) mass is 170 g/mol. The zero-order valence-corrected chi connectivity index (χ0v) is 9.11. The molecule has 12 heavy (non-hydrogen) atoms. The summed E-state index contributed by atoms with van der Waals surface area (Å²) in [5, 5.41) is 0. The summed E-state index contributed by atoms with van der Waals surface area (Å²) in [6.07, 6.45) is 3.19. The van der Waals surface area contributed by atoms with Crippen molar-refractivity contribution in [3.8, 4) is 0 Å². The fraction of sp³-hybridized carbons (Fsp3) is 0.909. The van der Waals surface area contributed by atoms with Gasteiger partial charge in [-0.15, -0.1) is 0 Å². The molecule has 0 saturated heterocycles. The van der Waals surface area contributed by atoms with Crippen LogP contribution >= 0.6 is 0 Å². The molecule has 0 rings (SSSR count). The lowest BCUT2D eigenvalue weighted by molar-refractivity contribution is -0.121. The predicted molar refractivity (Wildman–Crippen MR) is 53.2 cm³/mol. The number of carbonyl (C=O) groups is 1. The molecule has 0 bridgehead atoms. The van der Waals surface area contributed by atoms with E-state index in [1.54, 1.807) is 6.92 Å². The molecule has 0 aromatic carbocycles. The van der Waals surface area contributed by atoms with Gasteiger partial charge in [-0.25, -0.2) is 0 Å². The normalized spacial score (nSPS) is 14.4. The maximum Gasteiger partial charge on any atom is 0.132 e. The largest absolute Gasteiger partial charge is 0.300 e. The van der Waals surface area contributed by atoms with Crippen molar-refractivity contribution in [3.63, 3.8) is 0 Å². The minimum absolute atomic E-state index is 0.296. The van der Waals surface area contributed by atoms with Gasteiger partial charge in [0.2, 0.25) is 0 Å². The summed E-state index contributed by atoms with van der Waals surface area (Å²) in [7, 11) is 0. The van der Waals surface area contributed by atoms with Crippen LogP contribution in [0.2, 0.25) is 0 Å². The van der Waals surface area contributed by atoms with Gasteiger partial charge >= 0.3 is 0 Å². The summed E-state index contributed by atoms with van der Waals surface area (Å²) in [6, 6.07) is 0. The van der Waals surface area contributed by atoms with Gasteiger partial charge in [-0.1, -0.05) is 27.7 Å². The maximum absolute atomic E-state index is 11.1. The first-order chi connectivity index (χ1) is 5.37. The van der Waals surface area contributed by atoms with Crippen LogP contribution in [0.3, 0.4) is 0 Å². The van der Waals surface area contributed by atoms with E-state index in [9.17, 15) is 4.79 Å². The van der Waals surface area contributed by atoms with Crippen molar-refractivity contribution >= 4 is 5.78 Å². The fourth-order valence-corrected chi connectivity index (χ4v) is 1.30. The standard InChI is InChI=1S/C11H22O/c1-6-10(9(2)12)7-8-11(3,4)5/h10H,6-8H2,1-5H3. The van der Waals surface area contributed by atoms with Crippen molar-refractivity contribution in [2.24, 2.45) is 11.3 Å². The zero-order chi connectivity index (χ0) is 9.78. The molecule has 1 atom stereocenters. The second kappa shape index (κ2) is 4.64. The highest BCUT2D eigenvalue weighted by Gasteiger charge is 2.16. The van der Waals surface area contributed by atoms with E-state index in [2.05, 4.69) is 27.7 Å². The first-order valence-electron chi connectivity index (χ1n) is 4.87. The van der Waals surface area contributed by atoms with Crippen LogP contribution in [0.1, 0.15) is 53.9 Å². The highest BCUT2D eigenvalue weighted by atomic mass is 16.1. The first-order valence-corrected chi connectivity index (χ1v) is 4.87. The van der Waals surface area contributed by atoms with Crippen LogP contribution in [0.4, 0.5) is 0 Å². The summed E-state index contributed by atoms with van der Waals surface area (Å²) in [6.45, 7) is 10.5. The summed E-state index contributed by atoms with van der Waals surface area (Å²) in [4.78, 5) is 11.1. The average molecular weight is 170 g/mol. The summed E-state index contributed by atoms with van der Waals surface area (Å²) in [5.74, 6) is 0.644. The van der Waals surface area contributed by atoms with E-state index in [4.69, 9.17) is 0 Å². The summed E-state index contributed by atoms with van der Waals surface area (Å²) in [5.41, 5.74) is 0.364. The number of hydrogen-bond donors (Lipinski definition) is 0. The molecule has 72 valence electrons. The lowest BCUT2D eigenvalue weighted by Crippen LogP contribution is -2.14. The van der Waals surface area contributed by atoms with Crippen molar-refractivity contribution in [1.29, 1.82) is 0 Å². The van der Waals surface area contributed by atoms with E-state index >= 15 is 0 Å². The SMILES string of the molecule is CCC(CCC(C)(C)C)C(C)=O. The molecule has 1 heteroatoms. The Kier molecular flexibility index (Phi) is 4.51. The highest BCUT2D eigenvalue weighted by Crippen LogP contribution is 2.25. The van der Waals surface area contributed by atoms with Gasteiger partial charge in [-0.3, -0.25) is 4.79 Å². The zero-order valence-electron chi connectivity index (χ0n) is 9.11. The molecule has 1 nitrogen and oxygen atoms in total. The quantitative estimate of drug-likeness (QED) is 0.631. The number of hydrogen-bond acceptors (Lipinski definition) is 1. The second-order valence-electron chi connectivity index (χ2n) is 4.82. The smallest absolute Gasteiger partial charge is 0.132 e. The van der Waals surface area contributed by atoms with Gasteiger partial charge in [0.05, 0.1) is 0 Å². The van der Waals surface area contributed by atoms with Crippen LogP contribution in [0.5, 0.6) is 0 Å². The Hall–Kier alpha value is -0.330. The van der Waals surface area contributed by atoms with Crippen molar-refractivity contribution in [3.05, 3.63) is 0 Å². The van der Waals surface area contributed by atoms with E-state index in [0.717, 1.165) is 19.3 Å². The minimum atomic E-state index is 0.296. The van der Waals surface area contributed by atoms with Crippen LogP contribution in [0.25, 0.3) is 0 Å². The molecule has 0 radical (unpaired) electrons. The molecule has 0 aliphatic carbocycles. The Morgan fingerprint density at radius 3 is 2.08 bits per heavy atom. The fourth-order valence-electron chi connectivity index (χ4n) is 1.30. The molecule has 0 spiro atoms. The van der Waals surface area contributed by atoms with Crippen molar-refractivity contribution < 1.29 is 4.79 Å². The molecular weight excluding hydrogens is 148 g/mol. The average Bonchev–Trinajstić information content (AvgIpc) is 1.85. The van der Waals surface area contributed by atoms with Crippen LogP contribution < -0.4 is 0 Å². The van der Waals surface area contributed by atoms with E-state index in [0.29, 0.717) is 17.1 Å². The van der Waals surface area contributed by atoms with E-state index in [1.165, 1.54) is 0 Å². The van der Waals surface area contributed by atoms with Crippen molar-refractivity contribution in [2.75, 3.05) is 0 Å². The number of carbonyl (C=O) groups excluding carboxylic acids is 1. The molecule has 0 amide bonds. The van der Waals surface area contributed by atoms with Crippen LogP contribution in [-0.4, -0.2) is 5.78 Å². The van der Waals surface area contributed by atoms with Gasteiger partial charge in [0.25, 0.3) is 0 Å². The van der Waals surface area contributed by atoms with Gasteiger partial charge in [-0.2, -0.15) is 0 Å². The summed E-state index contributed by atoms with van der Waals surface area (Å²) >= 11 is 0. The van der Waals surface area contributed by atoms with Crippen LogP contribution in [0, 0.1) is 11.3 Å². The molecule has 0 aromatic heterocycles. The van der Waals surface area contributed by atoms with Crippen LogP contribution in [0.15, 0.2) is 0 Å². The van der Waals surface area contributed by atoms with Gasteiger partial charge in [-0.05, 0) is 31.6 Å². The molecule has 0 saturated carbocycles. The number of rotatable bonds is 4. The summed E-state index contributed by atoms with van der Waals surface area (Å²) < 4.78 is 0. The first kappa shape index (κ1) is 11.7. The number of ketones is 1. The van der Waals surface area contributed by atoms with Gasteiger partial charge < -0.3 is 0 Å². The molecule has 0 heterocycles. The molecule has 0 N–H and O–H groups in total. The van der Waals surface area contributed by atoms with Crippen molar-refractivity contribution in [2.45, 2.75) is 53.9 Å². The molecule has 0 fully saturated rings. The third kappa shape index (κ3) is 5.34. The third-order valence-electron chi connectivity index (χ3n) is 2.31. The van der Waals surface area contributed by atoms with Gasteiger partial charge in [0.1, 0.15) is 5.78 Å². The topological polar surface area (TPSA) is 17.1 Å². The van der Waals surface area contributed by atoms with E-state index < -0.39 is 0 Å². The molecule has 0 aliphatic rings. The van der Waals surface area contributed by atoms with E-state index in [1.807, 2.05) is 0 Å².